The zero-order valence-corrected chi connectivity index (χ0v) is 13.2. The van der Waals surface area contributed by atoms with E-state index < -0.39 is 10.2 Å². The molecule has 1 aliphatic heterocycles. The number of hydrogen-bond acceptors (Lipinski definition) is 2. The van der Waals surface area contributed by atoms with Crippen LogP contribution in [0.15, 0.2) is 0 Å². The molecule has 1 N–H and O–H groups in total. The summed E-state index contributed by atoms with van der Waals surface area (Å²) in [4.78, 5) is 0.285. The molecule has 0 bridgehead atoms. The molecule has 106 valence electrons. The number of nitrogens with zero attached hydrogens (tertiary/aromatic N) is 1. The van der Waals surface area contributed by atoms with E-state index >= 15 is 0 Å². The van der Waals surface area contributed by atoms with Crippen molar-refractivity contribution >= 4 is 26.1 Å². The topological polar surface area (TPSA) is 49.4 Å². The Hall–Kier alpha value is 0.350. The van der Waals surface area contributed by atoms with Crippen molar-refractivity contribution in [1.29, 1.82) is 0 Å². The Bertz CT molecular complexity index is 353. The Kier molecular flexibility index (Phi) is 5.47. The van der Waals surface area contributed by atoms with Crippen molar-refractivity contribution in [3.8, 4) is 0 Å². The molecule has 0 aromatic carbocycles. The van der Waals surface area contributed by atoms with Crippen LogP contribution in [-0.2, 0) is 10.2 Å². The standard InChI is InChI=1S/C12H23BrN2O2S/c13-11-7-3-4-8-12(11)14-18(16,17)15-9-5-1-2-6-10-15/h11-12,14H,1-10H2. The minimum atomic E-state index is -3.29. The Morgan fingerprint density at radius 3 is 2.17 bits per heavy atom. The van der Waals surface area contributed by atoms with Crippen molar-refractivity contribution in [2.75, 3.05) is 13.1 Å². The van der Waals surface area contributed by atoms with Crippen LogP contribution in [0.1, 0.15) is 51.4 Å². The lowest BCUT2D eigenvalue weighted by molar-refractivity contribution is 0.383. The van der Waals surface area contributed by atoms with E-state index in [0.29, 0.717) is 13.1 Å². The number of nitrogens with one attached hydrogen (secondary N) is 1. The zero-order valence-electron chi connectivity index (χ0n) is 10.8. The number of alkyl halides is 1. The van der Waals surface area contributed by atoms with E-state index in [9.17, 15) is 8.42 Å². The first-order chi connectivity index (χ1) is 8.59. The highest BCUT2D eigenvalue weighted by molar-refractivity contribution is 9.09. The molecule has 2 fully saturated rings. The second kappa shape index (κ2) is 6.68. The van der Waals surface area contributed by atoms with Crippen LogP contribution >= 0.6 is 15.9 Å². The first-order valence-corrected chi connectivity index (χ1v) is 9.36. The molecule has 18 heavy (non-hydrogen) atoms. The predicted octanol–water partition coefficient (Wildman–Crippen LogP) is 2.40. The van der Waals surface area contributed by atoms with Crippen LogP contribution in [0.5, 0.6) is 0 Å². The lowest BCUT2D eigenvalue weighted by Gasteiger charge is -2.30. The molecule has 2 aliphatic rings. The molecule has 0 radical (unpaired) electrons. The van der Waals surface area contributed by atoms with Crippen molar-refractivity contribution in [2.24, 2.45) is 0 Å². The van der Waals surface area contributed by atoms with Crippen molar-refractivity contribution in [3.63, 3.8) is 0 Å². The van der Waals surface area contributed by atoms with Crippen LogP contribution < -0.4 is 4.72 Å². The fourth-order valence-corrected chi connectivity index (χ4v) is 5.21. The Morgan fingerprint density at radius 1 is 0.944 bits per heavy atom. The fourth-order valence-electron chi connectivity index (χ4n) is 2.77. The summed E-state index contributed by atoms with van der Waals surface area (Å²) in [6.07, 6.45) is 8.60. The van der Waals surface area contributed by atoms with E-state index in [2.05, 4.69) is 20.7 Å². The number of halogens is 1. The zero-order chi connectivity index (χ0) is 13.0. The Balaban J connectivity index is 1.96. The maximum atomic E-state index is 12.3. The van der Waals surface area contributed by atoms with Gasteiger partial charge in [-0.25, -0.2) is 0 Å². The van der Waals surface area contributed by atoms with Crippen LogP contribution in [0.4, 0.5) is 0 Å². The highest BCUT2D eigenvalue weighted by atomic mass is 79.9. The molecule has 0 spiro atoms. The van der Waals surface area contributed by atoms with Crippen LogP contribution in [-0.4, -0.2) is 36.7 Å². The molecule has 4 nitrogen and oxygen atoms in total. The largest absolute Gasteiger partial charge is 0.279 e. The minimum Gasteiger partial charge on any atom is -0.198 e. The van der Waals surface area contributed by atoms with Gasteiger partial charge in [-0.2, -0.15) is 17.4 Å². The molecule has 1 heterocycles. The monoisotopic (exact) mass is 338 g/mol. The summed E-state index contributed by atoms with van der Waals surface area (Å²) in [5.74, 6) is 0. The van der Waals surface area contributed by atoms with E-state index in [1.54, 1.807) is 4.31 Å². The van der Waals surface area contributed by atoms with E-state index in [0.717, 1.165) is 44.9 Å². The predicted molar refractivity (Wildman–Crippen MR) is 77.1 cm³/mol. The smallest absolute Gasteiger partial charge is 0.198 e. The molecular weight excluding hydrogens is 316 g/mol. The quantitative estimate of drug-likeness (QED) is 0.803. The van der Waals surface area contributed by atoms with Gasteiger partial charge in [0, 0.05) is 24.0 Å². The summed E-state index contributed by atoms with van der Waals surface area (Å²) >= 11 is 3.60. The highest BCUT2D eigenvalue weighted by Crippen LogP contribution is 2.25. The molecule has 2 rings (SSSR count). The summed E-state index contributed by atoms with van der Waals surface area (Å²) < 4.78 is 29.2. The lowest BCUT2D eigenvalue weighted by Crippen LogP contribution is -2.49. The van der Waals surface area contributed by atoms with E-state index in [1.807, 2.05) is 0 Å². The molecule has 0 amide bonds. The fraction of sp³-hybridized carbons (Fsp3) is 1.00. The lowest BCUT2D eigenvalue weighted by atomic mass is 9.96. The van der Waals surface area contributed by atoms with Gasteiger partial charge < -0.3 is 0 Å². The number of hydrogen-bond donors (Lipinski definition) is 1. The summed E-state index contributed by atoms with van der Waals surface area (Å²) in [6, 6.07) is 0.0620. The third kappa shape index (κ3) is 3.92. The third-order valence-electron chi connectivity index (χ3n) is 3.89. The van der Waals surface area contributed by atoms with Gasteiger partial charge >= 0.3 is 0 Å². The van der Waals surface area contributed by atoms with Crippen molar-refractivity contribution in [3.05, 3.63) is 0 Å². The van der Waals surface area contributed by atoms with Crippen LogP contribution in [0, 0.1) is 0 Å². The molecule has 6 heteroatoms. The van der Waals surface area contributed by atoms with Gasteiger partial charge in [-0.3, -0.25) is 0 Å². The summed E-state index contributed by atoms with van der Waals surface area (Å²) in [6.45, 7) is 1.35. The first kappa shape index (κ1) is 14.8. The van der Waals surface area contributed by atoms with E-state index in [-0.39, 0.29) is 10.9 Å². The Morgan fingerprint density at radius 2 is 1.56 bits per heavy atom. The average Bonchev–Trinajstić information content (AvgIpc) is 2.61. The van der Waals surface area contributed by atoms with Crippen LogP contribution in [0.3, 0.4) is 0 Å². The third-order valence-corrected chi connectivity index (χ3v) is 6.63. The van der Waals surface area contributed by atoms with Gasteiger partial charge in [-0.1, -0.05) is 41.6 Å². The van der Waals surface area contributed by atoms with E-state index in [1.165, 1.54) is 6.42 Å². The summed E-state index contributed by atoms with van der Waals surface area (Å²) in [5, 5.41) is 0. The molecule has 1 aliphatic carbocycles. The van der Waals surface area contributed by atoms with Gasteiger partial charge in [0.05, 0.1) is 0 Å². The molecule has 1 saturated heterocycles. The molecule has 2 unspecified atom stereocenters. The second-order valence-corrected chi connectivity index (χ2v) is 8.22. The van der Waals surface area contributed by atoms with Crippen LogP contribution in [0.25, 0.3) is 0 Å². The second-order valence-electron chi connectivity index (χ2n) is 5.34. The van der Waals surface area contributed by atoms with Gasteiger partial charge in [-0.15, -0.1) is 0 Å². The van der Waals surface area contributed by atoms with Gasteiger partial charge in [0.25, 0.3) is 10.2 Å². The summed E-state index contributed by atoms with van der Waals surface area (Å²) in [5.41, 5.74) is 0. The molecule has 2 atom stereocenters. The maximum Gasteiger partial charge on any atom is 0.279 e. The Labute approximate surface area is 119 Å². The first-order valence-electron chi connectivity index (χ1n) is 7.01. The number of rotatable bonds is 3. The molecular formula is C12H23BrN2O2S. The van der Waals surface area contributed by atoms with Gasteiger partial charge in [-0.05, 0) is 25.7 Å². The van der Waals surface area contributed by atoms with Gasteiger partial charge in [0.15, 0.2) is 0 Å². The van der Waals surface area contributed by atoms with Gasteiger partial charge in [0.2, 0.25) is 0 Å². The van der Waals surface area contributed by atoms with Gasteiger partial charge in [0.1, 0.15) is 0 Å². The SMILES string of the molecule is O=S(=O)(NC1CCCCC1Br)N1CCCCCC1. The average molecular weight is 339 g/mol. The molecule has 0 aromatic heterocycles. The van der Waals surface area contributed by atoms with Crippen molar-refractivity contribution in [1.82, 2.24) is 9.03 Å². The van der Waals surface area contributed by atoms with Crippen molar-refractivity contribution in [2.45, 2.75) is 62.2 Å². The minimum absolute atomic E-state index is 0.0620. The molecule has 1 saturated carbocycles. The maximum absolute atomic E-state index is 12.3. The van der Waals surface area contributed by atoms with E-state index in [4.69, 9.17) is 0 Å². The summed E-state index contributed by atoms with van der Waals surface area (Å²) in [7, 11) is -3.29. The highest BCUT2D eigenvalue weighted by Gasteiger charge is 2.30. The van der Waals surface area contributed by atoms with Crippen molar-refractivity contribution < 1.29 is 8.42 Å². The van der Waals surface area contributed by atoms with Crippen LogP contribution in [0.2, 0.25) is 0 Å². The normalized spacial score (nSPS) is 32.1. The molecule has 0 aromatic rings.